The average Bonchev–Trinajstić information content (AvgIpc) is 3.40. The van der Waals surface area contributed by atoms with Crippen LogP contribution in [0, 0.1) is 5.92 Å². The van der Waals surface area contributed by atoms with E-state index in [2.05, 4.69) is 4.98 Å². The maximum atomic E-state index is 12.7. The topological polar surface area (TPSA) is 79.8 Å². The molecule has 1 aromatic rings. The number of hydrogen-bond donors (Lipinski definition) is 0. The van der Waals surface area contributed by atoms with Gasteiger partial charge in [0.15, 0.2) is 0 Å². The minimum Gasteiger partial charge on any atom is -0.469 e. The summed E-state index contributed by atoms with van der Waals surface area (Å²) in [6.45, 7) is 1.48. The van der Waals surface area contributed by atoms with Crippen molar-refractivity contribution in [1.29, 1.82) is 0 Å². The minimum absolute atomic E-state index is 0.112. The third-order valence-electron chi connectivity index (χ3n) is 5.16. The van der Waals surface area contributed by atoms with Gasteiger partial charge in [0.2, 0.25) is 21.8 Å². The minimum atomic E-state index is -3.60. The first-order valence-corrected chi connectivity index (χ1v) is 9.74. The highest BCUT2D eigenvalue weighted by molar-refractivity contribution is 7.89. The number of fused-ring (bicyclic) bond motifs is 1. The van der Waals surface area contributed by atoms with Crippen molar-refractivity contribution >= 4 is 15.9 Å². The Bertz CT molecular complexity index is 767. The van der Waals surface area contributed by atoms with Crippen LogP contribution < -0.4 is 4.74 Å². The summed E-state index contributed by atoms with van der Waals surface area (Å²) in [6.07, 6.45) is 4.76. The molecule has 1 amide bonds. The monoisotopic (exact) mass is 351 g/mol. The van der Waals surface area contributed by atoms with Crippen LogP contribution in [0.3, 0.4) is 0 Å². The molecule has 1 aromatic heterocycles. The normalized spacial score (nSPS) is 25.6. The number of pyridine rings is 1. The number of nitrogens with zero attached hydrogens (tertiary/aromatic N) is 3. The van der Waals surface area contributed by atoms with Crippen LogP contribution in [0.25, 0.3) is 0 Å². The largest absolute Gasteiger partial charge is 0.469 e. The van der Waals surface area contributed by atoms with Crippen LogP contribution in [0.5, 0.6) is 5.88 Å². The molecule has 1 saturated carbocycles. The predicted octanol–water partition coefficient (Wildman–Crippen LogP) is 0.866. The SMILES string of the molecule is CN1CC2(CCN(C(=O)C3CC3)CC2)Oc2ncccc2S1(=O)=O. The molecule has 4 rings (SSSR count). The lowest BCUT2D eigenvalue weighted by molar-refractivity contribution is -0.136. The van der Waals surface area contributed by atoms with Crippen LogP contribution in [-0.2, 0) is 14.8 Å². The Kier molecular flexibility index (Phi) is 3.58. The zero-order valence-electron chi connectivity index (χ0n) is 13.6. The quantitative estimate of drug-likeness (QED) is 0.750. The highest BCUT2D eigenvalue weighted by Crippen LogP contribution is 2.38. The lowest BCUT2D eigenvalue weighted by Crippen LogP contribution is -2.54. The van der Waals surface area contributed by atoms with Gasteiger partial charge in [-0.1, -0.05) is 0 Å². The van der Waals surface area contributed by atoms with E-state index >= 15 is 0 Å². The summed E-state index contributed by atoms with van der Waals surface area (Å²) in [4.78, 5) is 18.4. The van der Waals surface area contributed by atoms with E-state index < -0.39 is 15.6 Å². The standard InChI is InChI=1S/C16H21N3O4S/c1-18-11-16(6-9-19(10-7-16)15(20)12-4-5-12)23-14-13(24(18,21)22)3-2-8-17-14/h2-3,8,12H,4-7,9-11H2,1H3. The summed E-state index contributed by atoms with van der Waals surface area (Å²) in [5.41, 5.74) is -0.623. The molecule has 0 radical (unpaired) electrons. The van der Waals surface area contributed by atoms with E-state index in [1.807, 2.05) is 4.90 Å². The second-order valence-corrected chi connectivity index (χ2v) is 8.97. The molecule has 24 heavy (non-hydrogen) atoms. The second kappa shape index (κ2) is 5.42. The van der Waals surface area contributed by atoms with Crippen LogP contribution in [0.2, 0.25) is 0 Å². The molecule has 3 aliphatic rings. The number of likely N-dealkylation sites (tertiary alicyclic amines) is 1. The number of amides is 1. The van der Waals surface area contributed by atoms with Gasteiger partial charge in [0.05, 0.1) is 6.54 Å². The van der Waals surface area contributed by atoms with Crippen LogP contribution in [0.15, 0.2) is 23.2 Å². The number of ether oxygens (including phenoxy) is 1. The molecule has 1 aliphatic carbocycles. The Labute approximate surface area is 141 Å². The number of piperidine rings is 1. The number of carbonyl (C=O) groups excluding carboxylic acids is 1. The van der Waals surface area contributed by atoms with E-state index in [4.69, 9.17) is 4.74 Å². The molecule has 0 bridgehead atoms. The van der Waals surface area contributed by atoms with Crippen molar-refractivity contribution in [1.82, 2.24) is 14.2 Å². The summed E-state index contributed by atoms with van der Waals surface area (Å²) >= 11 is 0. The summed E-state index contributed by atoms with van der Waals surface area (Å²) in [5.74, 6) is 0.612. The van der Waals surface area contributed by atoms with Gasteiger partial charge in [-0.3, -0.25) is 4.79 Å². The third kappa shape index (κ3) is 2.57. The van der Waals surface area contributed by atoms with Gasteiger partial charge in [-0.15, -0.1) is 0 Å². The summed E-state index contributed by atoms with van der Waals surface area (Å²) in [5, 5.41) is 0. The first-order chi connectivity index (χ1) is 11.4. The molecule has 8 heteroatoms. The molecule has 2 aliphatic heterocycles. The van der Waals surface area contributed by atoms with Crippen LogP contribution in [0.4, 0.5) is 0 Å². The molecule has 3 heterocycles. The van der Waals surface area contributed by atoms with Crippen molar-refractivity contribution in [3.05, 3.63) is 18.3 Å². The molecule has 0 N–H and O–H groups in total. The van der Waals surface area contributed by atoms with Crippen molar-refractivity contribution < 1.29 is 17.9 Å². The zero-order chi connectivity index (χ0) is 16.9. The lowest BCUT2D eigenvalue weighted by Gasteiger charge is -2.41. The number of carbonyl (C=O) groups is 1. The first kappa shape index (κ1) is 15.8. The maximum absolute atomic E-state index is 12.7. The van der Waals surface area contributed by atoms with Crippen LogP contribution in [0.1, 0.15) is 25.7 Å². The van der Waals surface area contributed by atoms with E-state index in [9.17, 15) is 13.2 Å². The smallest absolute Gasteiger partial charge is 0.248 e. The van der Waals surface area contributed by atoms with Gasteiger partial charge < -0.3 is 9.64 Å². The van der Waals surface area contributed by atoms with E-state index in [0.717, 1.165) is 12.8 Å². The van der Waals surface area contributed by atoms with Gasteiger partial charge in [-0.2, -0.15) is 4.31 Å². The third-order valence-corrected chi connectivity index (χ3v) is 6.98. The summed E-state index contributed by atoms with van der Waals surface area (Å²) < 4.78 is 32.8. The fourth-order valence-electron chi connectivity index (χ4n) is 3.53. The zero-order valence-corrected chi connectivity index (χ0v) is 14.5. The maximum Gasteiger partial charge on any atom is 0.248 e. The van der Waals surface area contributed by atoms with E-state index in [-0.39, 0.29) is 29.1 Å². The molecular formula is C16H21N3O4S. The Morgan fingerprint density at radius 2 is 2.04 bits per heavy atom. The fraction of sp³-hybridized carbons (Fsp3) is 0.625. The van der Waals surface area contributed by atoms with Crippen LogP contribution in [-0.4, -0.2) is 60.8 Å². The molecule has 1 spiro atoms. The molecule has 0 atom stereocenters. The van der Waals surface area contributed by atoms with Crippen molar-refractivity contribution in [2.45, 2.75) is 36.2 Å². The Morgan fingerprint density at radius 3 is 2.71 bits per heavy atom. The van der Waals surface area contributed by atoms with Crippen molar-refractivity contribution in [2.75, 3.05) is 26.7 Å². The molecule has 0 unspecified atom stereocenters. The summed E-state index contributed by atoms with van der Waals surface area (Å²) in [6, 6.07) is 3.13. The number of sulfonamides is 1. The molecule has 0 aromatic carbocycles. The molecule has 130 valence electrons. The Balaban J connectivity index is 1.60. The van der Waals surface area contributed by atoms with Gasteiger partial charge in [-0.05, 0) is 25.0 Å². The van der Waals surface area contributed by atoms with Gasteiger partial charge in [0.25, 0.3) is 0 Å². The Hall–Kier alpha value is -1.67. The second-order valence-electron chi connectivity index (χ2n) is 6.95. The lowest BCUT2D eigenvalue weighted by atomic mass is 9.90. The molecule has 2 fully saturated rings. The van der Waals surface area contributed by atoms with Crippen LogP contribution >= 0.6 is 0 Å². The highest BCUT2D eigenvalue weighted by Gasteiger charge is 2.46. The number of likely N-dealkylation sites (N-methyl/N-ethyl adjacent to an activating group) is 1. The molecule has 7 nitrogen and oxygen atoms in total. The van der Waals surface area contributed by atoms with E-state index in [0.29, 0.717) is 25.9 Å². The van der Waals surface area contributed by atoms with Gasteiger partial charge in [0.1, 0.15) is 10.5 Å². The van der Waals surface area contributed by atoms with E-state index in [1.54, 1.807) is 19.3 Å². The molecule has 1 saturated heterocycles. The van der Waals surface area contributed by atoms with Gasteiger partial charge >= 0.3 is 0 Å². The fourth-order valence-corrected chi connectivity index (χ4v) is 4.83. The average molecular weight is 351 g/mol. The highest BCUT2D eigenvalue weighted by atomic mass is 32.2. The number of rotatable bonds is 1. The van der Waals surface area contributed by atoms with Gasteiger partial charge in [0, 0.05) is 45.1 Å². The number of aromatic nitrogens is 1. The van der Waals surface area contributed by atoms with E-state index in [1.165, 1.54) is 10.4 Å². The van der Waals surface area contributed by atoms with Crippen molar-refractivity contribution in [3.8, 4) is 5.88 Å². The first-order valence-electron chi connectivity index (χ1n) is 8.30. The molecular weight excluding hydrogens is 330 g/mol. The predicted molar refractivity (Wildman–Crippen MR) is 85.9 cm³/mol. The number of hydrogen-bond acceptors (Lipinski definition) is 5. The van der Waals surface area contributed by atoms with Crippen molar-refractivity contribution in [2.24, 2.45) is 5.92 Å². The van der Waals surface area contributed by atoms with Crippen molar-refractivity contribution in [3.63, 3.8) is 0 Å². The Morgan fingerprint density at radius 1 is 1.33 bits per heavy atom. The summed E-state index contributed by atoms with van der Waals surface area (Å²) in [7, 11) is -2.03. The van der Waals surface area contributed by atoms with Gasteiger partial charge in [-0.25, -0.2) is 13.4 Å².